The third-order valence-electron chi connectivity index (χ3n) is 3.26. The molecule has 7 heteroatoms. The zero-order valence-corrected chi connectivity index (χ0v) is 12.0. The van der Waals surface area contributed by atoms with E-state index < -0.39 is 22.1 Å². The van der Waals surface area contributed by atoms with E-state index in [-0.39, 0.29) is 23.4 Å². The summed E-state index contributed by atoms with van der Waals surface area (Å²) < 4.78 is 14.2. The van der Waals surface area contributed by atoms with E-state index in [1.165, 1.54) is 32.0 Å². The van der Waals surface area contributed by atoms with Crippen LogP contribution in [0.2, 0.25) is 0 Å². The molecular formula is C15H13FN2O4. The molecule has 2 aromatic rings. The molecule has 0 saturated heterocycles. The summed E-state index contributed by atoms with van der Waals surface area (Å²) in [6.45, 7) is 2.63. The Morgan fingerprint density at radius 3 is 2.55 bits per heavy atom. The predicted octanol–water partition coefficient (Wildman–Crippen LogP) is 2.40. The third-order valence-corrected chi connectivity index (χ3v) is 3.26. The van der Waals surface area contributed by atoms with Crippen molar-refractivity contribution in [3.63, 3.8) is 0 Å². The van der Waals surface area contributed by atoms with Gasteiger partial charge in [0.1, 0.15) is 5.82 Å². The van der Waals surface area contributed by atoms with Gasteiger partial charge in [0.2, 0.25) is 0 Å². The van der Waals surface area contributed by atoms with Crippen molar-refractivity contribution in [2.75, 3.05) is 0 Å². The first kappa shape index (κ1) is 15.6. The van der Waals surface area contributed by atoms with Gasteiger partial charge in [0.25, 0.3) is 11.2 Å². The van der Waals surface area contributed by atoms with Crippen LogP contribution in [0.3, 0.4) is 0 Å². The molecule has 6 nitrogen and oxygen atoms in total. The van der Waals surface area contributed by atoms with Crippen molar-refractivity contribution in [1.29, 1.82) is 0 Å². The zero-order chi connectivity index (χ0) is 16.4. The third kappa shape index (κ3) is 3.08. The highest BCUT2D eigenvalue weighted by molar-refractivity contribution is 5.96. The SMILES string of the molecule is Cc1cc(C(=O)Cn2cc([N+](=O)[O-])cc(C)c2=O)ccc1F. The predicted molar refractivity (Wildman–Crippen MR) is 77.6 cm³/mol. The Bertz CT molecular complexity index is 827. The Hall–Kier alpha value is -2.83. The van der Waals surface area contributed by atoms with Crippen LogP contribution in [0.1, 0.15) is 21.5 Å². The van der Waals surface area contributed by atoms with Crippen LogP contribution in [0, 0.1) is 29.8 Å². The van der Waals surface area contributed by atoms with E-state index in [1.54, 1.807) is 0 Å². The maximum atomic E-state index is 13.2. The summed E-state index contributed by atoms with van der Waals surface area (Å²) in [5, 5.41) is 10.8. The number of aryl methyl sites for hydroxylation is 2. The van der Waals surface area contributed by atoms with Crippen LogP contribution in [0.25, 0.3) is 0 Å². The number of aromatic nitrogens is 1. The average molecular weight is 304 g/mol. The molecule has 0 saturated carbocycles. The quantitative estimate of drug-likeness (QED) is 0.493. The van der Waals surface area contributed by atoms with Gasteiger partial charge in [0.15, 0.2) is 5.78 Å². The van der Waals surface area contributed by atoms with Crippen molar-refractivity contribution in [2.24, 2.45) is 0 Å². The molecule has 114 valence electrons. The molecule has 0 spiro atoms. The van der Waals surface area contributed by atoms with Crippen molar-refractivity contribution < 1.29 is 14.1 Å². The molecular weight excluding hydrogens is 291 g/mol. The van der Waals surface area contributed by atoms with Crippen LogP contribution in [-0.2, 0) is 6.54 Å². The fourth-order valence-electron chi connectivity index (χ4n) is 2.05. The highest BCUT2D eigenvalue weighted by Crippen LogP contribution is 2.12. The van der Waals surface area contributed by atoms with Gasteiger partial charge in [-0.2, -0.15) is 0 Å². The lowest BCUT2D eigenvalue weighted by Crippen LogP contribution is -2.26. The molecule has 0 N–H and O–H groups in total. The van der Waals surface area contributed by atoms with Crippen molar-refractivity contribution >= 4 is 11.5 Å². The van der Waals surface area contributed by atoms with Crippen LogP contribution >= 0.6 is 0 Å². The zero-order valence-electron chi connectivity index (χ0n) is 12.0. The Morgan fingerprint density at radius 1 is 1.27 bits per heavy atom. The molecule has 0 aliphatic heterocycles. The van der Waals surface area contributed by atoms with Crippen molar-refractivity contribution in [3.05, 3.63) is 73.4 Å². The number of hydrogen-bond donors (Lipinski definition) is 0. The summed E-state index contributed by atoms with van der Waals surface area (Å²) in [4.78, 5) is 34.3. The monoisotopic (exact) mass is 304 g/mol. The molecule has 1 aromatic carbocycles. The van der Waals surface area contributed by atoms with Gasteiger partial charge in [0, 0.05) is 17.2 Å². The second kappa shape index (κ2) is 5.88. The summed E-state index contributed by atoms with van der Waals surface area (Å²) in [5.74, 6) is -0.856. The summed E-state index contributed by atoms with van der Waals surface area (Å²) in [7, 11) is 0. The topological polar surface area (TPSA) is 82.2 Å². The van der Waals surface area contributed by atoms with E-state index >= 15 is 0 Å². The molecule has 0 amide bonds. The number of benzene rings is 1. The number of Topliss-reactive ketones (excluding diaryl/α,β-unsaturated/α-hetero) is 1. The molecule has 1 heterocycles. The number of halogens is 1. The number of rotatable bonds is 4. The molecule has 0 bridgehead atoms. The highest BCUT2D eigenvalue weighted by Gasteiger charge is 2.15. The smallest absolute Gasteiger partial charge is 0.286 e. The maximum absolute atomic E-state index is 13.2. The van der Waals surface area contributed by atoms with Crippen LogP contribution in [0.5, 0.6) is 0 Å². The number of nitrogens with zero attached hydrogens (tertiary/aromatic N) is 2. The van der Waals surface area contributed by atoms with E-state index in [9.17, 15) is 24.1 Å². The first-order valence-corrected chi connectivity index (χ1v) is 6.44. The van der Waals surface area contributed by atoms with Gasteiger partial charge in [-0.3, -0.25) is 19.7 Å². The minimum Gasteiger partial charge on any atom is -0.301 e. The van der Waals surface area contributed by atoms with Gasteiger partial charge in [-0.25, -0.2) is 4.39 Å². The Kier molecular flexibility index (Phi) is 4.16. The molecule has 0 unspecified atom stereocenters. The highest BCUT2D eigenvalue weighted by atomic mass is 19.1. The summed E-state index contributed by atoms with van der Waals surface area (Å²) in [5.41, 5.74) is -0.00126. The maximum Gasteiger partial charge on any atom is 0.286 e. The fraction of sp³-hybridized carbons (Fsp3) is 0.200. The lowest BCUT2D eigenvalue weighted by atomic mass is 10.1. The molecule has 22 heavy (non-hydrogen) atoms. The number of ketones is 1. The Labute approximate surface area is 125 Å². The number of hydrogen-bond acceptors (Lipinski definition) is 4. The van der Waals surface area contributed by atoms with E-state index in [2.05, 4.69) is 0 Å². The van der Waals surface area contributed by atoms with Crippen molar-refractivity contribution in [3.8, 4) is 0 Å². The van der Waals surface area contributed by atoms with Crippen LogP contribution in [0.15, 0.2) is 35.3 Å². The van der Waals surface area contributed by atoms with Gasteiger partial charge in [-0.15, -0.1) is 0 Å². The molecule has 0 fully saturated rings. The molecule has 0 aliphatic carbocycles. The molecule has 2 rings (SSSR count). The van der Waals surface area contributed by atoms with Crippen LogP contribution in [0.4, 0.5) is 10.1 Å². The first-order chi connectivity index (χ1) is 10.3. The van der Waals surface area contributed by atoms with Crippen molar-refractivity contribution in [1.82, 2.24) is 4.57 Å². The standard InChI is InChI=1S/C15H13FN2O4/c1-9-5-11(3-4-13(9)16)14(19)8-17-7-12(18(21)22)6-10(2)15(17)20/h3-7H,8H2,1-2H3. The number of carbonyl (C=O) groups is 1. The summed E-state index contributed by atoms with van der Waals surface area (Å²) >= 11 is 0. The minimum absolute atomic E-state index is 0.178. The van der Waals surface area contributed by atoms with Gasteiger partial charge in [0.05, 0.1) is 17.7 Å². The Balaban J connectivity index is 2.37. The van der Waals surface area contributed by atoms with Gasteiger partial charge in [-0.1, -0.05) is 0 Å². The van der Waals surface area contributed by atoms with Crippen LogP contribution in [-0.4, -0.2) is 15.3 Å². The first-order valence-electron chi connectivity index (χ1n) is 6.44. The second-order valence-corrected chi connectivity index (χ2v) is 4.96. The van der Waals surface area contributed by atoms with E-state index in [4.69, 9.17) is 0 Å². The molecule has 0 radical (unpaired) electrons. The Morgan fingerprint density at radius 2 is 1.95 bits per heavy atom. The average Bonchev–Trinajstić information content (AvgIpc) is 2.46. The van der Waals surface area contributed by atoms with Gasteiger partial charge in [-0.05, 0) is 37.6 Å². The summed E-state index contributed by atoms with van der Waals surface area (Å²) in [6, 6.07) is 5.03. The van der Waals surface area contributed by atoms with Gasteiger partial charge >= 0.3 is 0 Å². The minimum atomic E-state index is -0.630. The van der Waals surface area contributed by atoms with E-state index in [1.807, 2.05) is 0 Å². The lowest BCUT2D eigenvalue weighted by Gasteiger charge is -2.07. The number of carbonyl (C=O) groups excluding carboxylic acids is 1. The van der Waals surface area contributed by atoms with Crippen LogP contribution < -0.4 is 5.56 Å². The van der Waals surface area contributed by atoms with Crippen molar-refractivity contribution in [2.45, 2.75) is 20.4 Å². The summed E-state index contributed by atoms with van der Waals surface area (Å²) in [6.07, 6.45) is 1.03. The number of nitro groups is 1. The fourth-order valence-corrected chi connectivity index (χ4v) is 2.05. The largest absolute Gasteiger partial charge is 0.301 e. The van der Waals surface area contributed by atoms with E-state index in [0.717, 1.165) is 16.8 Å². The van der Waals surface area contributed by atoms with E-state index in [0.29, 0.717) is 5.56 Å². The molecule has 0 atom stereocenters. The number of pyridine rings is 1. The normalized spacial score (nSPS) is 10.5. The molecule has 0 aliphatic rings. The lowest BCUT2D eigenvalue weighted by molar-refractivity contribution is -0.385. The molecule has 1 aromatic heterocycles. The second-order valence-electron chi connectivity index (χ2n) is 4.96. The van der Waals surface area contributed by atoms with Gasteiger partial charge < -0.3 is 4.57 Å².